The molecular formula is C31H59IO12. The number of terminal acetylenes is 1. The van der Waals surface area contributed by atoms with Crippen LogP contribution < -0.4 is 0 Å². The monoisotopic (exact) mass is 750 g/mol. The fourth-order valence-corrected chi connectivity index (χ4v) is 3.74. The van der Waals surface area contributed by atoms with Gasteiger partial charge in [-0.25, -0.2) is 0 Å². The van der Waals surface area contributed by atoms with E-state index >= 15 is 0 Å². The Hall–Kier alpha value is -0.190. The molecule has 0 aliphatic carbocycles. The van der Waals surface area contributed by atoms with Crippen molar-refractivity contribution >= 4 is 22.6 Å². The van der Waals surface area contributed by atoms with Crippen molar-refractivity contribution in [3.05, 3.63) is 0 Å². The Kier molecular flexibility index (Phi) is 42.6. The average molecular weight is 751 g/mol. The maximum absolute atomic E-state index is 5.55. The summed E-state index contributed by atoms with van der Waals surface area (Å²) in [5, 5.41) is 0. The minimum atomic E-state index is 0.309. The van der Waals surface area contributed by atoms with Crippen LogP contribution in [0, 0.1) is 12.3 Å². The molecule has 0 aliphatic heterocycles. The van der Waals surface area contributed by atoms with Gasteiger partial charge in [0.25, 0.3) is 0 Å². The van der Waals surface area contributed by atoms with E-state index in [2.05, 4.69) is 28.5 Å². The first-order valence-electron chi connectivity index (χ1n) is 15.8. The maximum atomic E-state index is 5.55. The third-order valence-corrected chi connectivity index (χ3v) is 6.21. The molecule has 0 aromatic rings. The highest BCUT2D eigenvalue weighted by atomic mass is 127. The number of ether oxygens (including phenoxy) is 12. The Balaban J connectivity index is 3.03. The highest BCUT2D eigenvalue weighted by Gasteiger charge is 1.97. The molecule has 0 radical (unpaired) electrons. The minimum Gasteiger partial charge on any atom is -0.379 e. The summed E-state index contributed by atoms with van der Waals surface area (Å²) in [6, 6.07) is 0. The molecule has 0 unspecified atom stereocenters. The van der Waals surface area contributed by atoms with Crippen molar-refractivity contribution in [3.8, 4) is 12.3 Å². The topological polar surface area (TPSA) is 111 Å². The minimum absolute atomic E-state index is 0.309. The molecule has 0 rings (SSSR count). The van der Waals surface area contributed by atoms with Crippen LogP contribution in [-0.4, -0.2) is 163 Å². The lowest BCUT2D eigenvalue weighted by atomic mass is 10.2. The third-order valence-electron chi connectivity index (χ3n) is 5.45. The molecule has 12 nitrogen and oxygen atoms in total. The molecule has 0 heterocycles. The van der Waals surface area contributed by atoms with Crippen molar-refractivity contribution in [2.24, 2.45) is 0 Å². The Morgan fingerprint density at radius 3 is 0.773 bits per heavy atom. The van der Waals surface area contributed by atoms with Crippen LogP contribution in [0.3, 0.4) is 0 Å². The number of rotatable bonds is 40. The van der Waals surface area contributed by atoms with Crippen LogP contribution in [-0.2, 0) is 56.8 Å². The highest BCUT2D eigenvalue weighted by molar-refractivity contribution is 14.1. The van der Waals surface area contributed by atoms with Gasteiger partial charge >= 0.3 is 0 Å². The van der Waals surface area contributed by atoms with Gasteiger partial charge in [-0.15, -0.1) is 6.42 Å². The molecule has 13 heteroatoms. The van der Waals surface area contributed by atoms with Gasteiger partial charge in [-0.2, -0.15) is 0 Å². The second-order valence-electron chi connectivity index (χ2n) is 9.10. The van der Waals surface area contributed by atoms with Gasteiger partial charge in [0.15, 0.2) is 0 Å². The number of hydrogen-bond donors (Lipinski definition) is 0. The second kappa shape index (κ2) is 42.8. The Labute approximate surface area is 279 Å². The molecule has 0 atom stereocenters. The predicted octanol–water partition coefficient (Wildman–Crippen LogP) is 2.81. The van der Waals surface area contributed by atoms with Crippen molar-refractivity contribution in [2.75, 3.05) is 163 Å². The van der Waals surface area contributed by atoms with Gasteiger partial charge in [0.05, 0.1) is 145 Å². The average Bonchev–Trinajstić information content (AvgIpc) is 3.04. The van der Waals surface area contributed by atoms with Gasteiger partial charge in [0.2, 0.25) is 0 Å². The van der Waals surface area contributed by atoms with Gasteiger partial charge in [-0.05, 0) is 17.3 Å². The van der Waals surface area contributed by atoms with Crippen molar-refractivity contribution in [3.63, 3.8) is 0 Å². The van der Waals surface area contributed by atoms with E-state index in [0.29, 0.717) is 152 Å². The zero-order valence-corrected chi connectivity index (χ0v) is 29.0. The number of halogens is 1. The Bertz CT molecular complexity index is 556. The largest absolute Gasteiger partial charge is 0.379 e. The van der Waals surface area contributed by atoms with E-state index in [9.17, 15) is 0 Å². The van der Waals surface area contributed by atoms with E-state index in [4.69, 9.17) is 63.3 Å². The van der Waals surface area contributed by atoms with E-state index in [1.54, 1.807) is 0 Å². The zero-order valence-electron chi connectivity index (χ0n) is 26.9. The van der Waals surface area contributed by atoms with Crippen LogP contribution in [0.5, 0.6) is 0 Å². The molecule has 0 bridgehead atoms. The molecule has 0 aromatic heterocycles. The first kappa shape index (κ1) is 43.8. The lowest BCUT2D eigenvalue weighted by Crippen LogP contribution is -2.15. The lowest BCUT2D eigenvalue weighted by Gasteiger charge is -2.09. The molecule has 0 spiro atoms. The normalized spacial score (nSPS) is 11.4. The maximum Gasteiger partial charge on any atom is 0.107 e. The van der Waals surface area contributed by atoms with Gasteiger partial charge in [-0.1, -0.05) is 41.4 Å². The summed E-state index contributed by atoms with van der Waals surface area (Å²) >= 11 is 2.42. The fraction of sp³-hybridized carbons (Fsp3) is 0.935. The van der Waals surface area contributed by atoms with Crippen LogP contribution in [0.25, 0.3) is 0 Å². The highest BCUT2D eigenvalue weighted by Crippen LogP contribution is 2.02. The van der Waals surface area contributed by atoms with E-state index < -0.39 is 0 Å². The van der Waals surface area contributed by atoms with Gasteiger partial charge in [-0.3, -0.25) is 0 Å². The SMILES string of the molecule is C#CCOCCOCCOCCOCCOCCOCCOCCOCCOCCOCCOCCOCCCCCCI. The van der Waals surface area contributed by atoms with Crippen molar-refractivity contribution in [1.82, 2.24) is 0 Å². The molecule has 0 N–H and O–H groups in total. The number of hydrogen-bond acceptors (Lipinski definition) is 12. The third kappa shape index (κ3) is 41.8. The van der Waals surface area contributed by atoms with Crippen LogP contribution in [0.15, 0.2) is 0 Å². The summed E-state index contributed by atoms with van der Waals surface area (Å²) in [5.74, 6) is 2.40. The molecule has 0 fully saturated rings. The predicted molar refractivity (Wildman–Crippen MR) is 176 cm³/mol. The van der Waals surface area contributed by atoms with Crippen LogP contribution in [0.2, 0.25) is 0 Å². The van der Waals surface area contributed by atoms with E-state index in [1.165, 1.54) is 23.7 Å². The summed E-state index contributed by atoms with van der Waals surface area (Å²) < 4.78 is 66.4. The lowest BCUT2D eigenvalue weighted by molar-refractivity contribution is -0.0281. The molecule has 0 amide bonds. The number of unbranched alkanes of at least 4 members (excludes halogenated alkanes) is 3. The summed E-state index contributed by atoms with van der Waals surface area (Å²) in [5.41, 5.74) is 0. The fourth-order valence-electron chi connectivity index (χ4n) is 3.20. The van der Waals surface area contributed by atoms with Crippen molar-refractivity contribution in [1.29, 1.82) is 0 Å². The van der Waals surface area contributed by atoms with Crippen molar-refractivity contribution in [2.45, 2.75) is 25.7 Å². The van der Waals surface area contributed by atoms with Crippen LogP contribution in [0.1, 0.15) is 25.7 Å². The molecule has 0 saturated carbocycles. The first-order valence-corrected chi connectivity index (χ1v) is 17.4. The number of alkyl halides is 1. The Morgan fingerprint density at radius 1 is 0.295 bits per heavy atom. The standard InChI is InChI=1S/C31H59IO12/c1-2-8-33-10-12-35-14-16-37-18-20-39-22-24-41-26-28-43-30-31-44-29-27-42-25-23-40-21-19-38-17-15-36-13-11-34-9-6-4-3-5-7-32/h1H,3-31H2. The summed E-state index contributed by atoms with van der Waals surface area (Å²) in [4.78, 5) is 0. The first-order chi connectivity index (χ1) is 21.9. The van der Waals surface area contributed by atoms with Crippen molar-refractivity contribution < 1.29 is 56.8 Å². The van der Waals surface area contributed by atoms with E-state index in [0.717, 1.165) is 13.0 Å². The zero-order chi connectivity index (χ0) is 31.7. The second-order valence-corrected chi connectivity index (χ2v) is 10.2. The van der Waals surface area contributed by atoms with Crippen LogP contribution in [0.4, 0.5) is 0 Å². The van der Waals surface area contributed by atoms with Gasteiger partial charge in [0, 0.05) is 6.61 Å². The summed E-state index contributed by atoms with van der Waals surface area (Å²) in [6.07, 6.45) is 10.1. The van der Waals surface area contributed by atoms with Gasteiger partial charge in [0.1, 0.15) is 6.61 Å². The molecule has 262 valence electrons. The smallest absolute Gasteiger partial charge is 0.107 e. The van der Waals surface area contributed by atoms with E-state index in [1.807, 2.05) is 0 Å². The van der Waals surface area contributed by atoms with Crippen LogP contribution >= 0.6 is 22.6 Å². The molecule has 0 aliphatic rings. The quantitative estimate of drug-likeness (QED) is 0.0398. The Morgan fingerprint density at radius 2 is 0.523 bits per heavy atom. The molecule has 0 saturated heterocycles. The van der Waals surface area contributed by atoms with E-state index in [-0.39, 0.29) is 0 Å². The molecule has 0 aromatic carbocycles. The summed E-state index contributed by atoms with van der Waals surface area (Å²) in [6.45, 7) is 12.8. The molecule has 44 heavy (non-hydrogen) atoms. The summed E-state index contributed by atoms with van der Waals surface area (Å²) in [7, 11) is 0. The molecular weight excluding hydrogens is 691 g/mol. The van der Waals surface area contributed by atoms with Gasteiger partial charge < -0.3 is 56.8 Å².